The van der Waals surface area contributed by atoms with Crippen LogP contribution < -0.4 is 9.44 Å². The molecule has 4 rings (SSSR count). The molecule has 6 nitrogen and oxygen atoms in total. The van der Waals surface area contributed by atoms with Crippen LogP contribution in [0.5, 0.6) is 0 Å². The lowest BCUT2D eigenvalue weighted by atomic mass is 10.2. The van der Waals surface area contributed by atoms with Crippen LogP contribution >= 0.6 is 0 Å². The highest BCUT2D eigenvalue weighted by atomic mass is 32.2. The van der Waals surface area contributed by atoms with Gasteiger partial charge in [0.25, 0.3) is 0 Å². The monoisotopic (exact) mass is 350 g/mol. The van der Waals surface area contributed by atoms with Gasteiger partial charge >= 0.3 is 10.2 Å². The number of para-hydroxylation sites is 2. The Balaban J connectivity index is 1.70. The van der Waals surface area contributed by atoms with E-state index in [0.29, 0.717) is 22.4 Å². The standard InChI is InChI=1S/C18H14N4O2S/c23-25(24,21-15-9-1-5-13-7-3-11-19-17(13)15)22-16-10-2-6-14-8-4-12-20-18(14)16/h1-12,21-22H. The topological polar surface area (TPSA) is 84.0 Å². The molecular formula is C18H14N4O2S. The molecule has 0 aliphatic rings. The number of hydrogen-bond donors (Lipinski definition) is 2. The van der Waals surface area contributed by atoms with E-state index in [9.17, 15) is 8.42 Å². The lowest BCUT2D eigenvalue weighted by Gasteiger charge is -2.13. The normalized spacial score (nSPS) is 11.5. The first-order valence-corrected chi connectivity index (χ1v) is 9.09. The summed E-state index contributed by atoms with van der Waals surface area (Å²) in [5, 5.41) is 1.71. The second kappa shape index (κ2) is 6.03. The van der Waals surface area contributed by atoms with Gasteiger partial charge in [-0.25, -0.2) is 0 Å². The molecule has 0 fully saturated rings. The van der Waals surface area contributed by atoms with Gasteiger partial charge in [-0.2, -0.15) is 8.42 Å². The molecule has 25 heavy (non-hydrogen) atoms. The zero-order valence-corrected chi connectivity index (χ0v) is 13.9. The van der Waals surface area contributed by atoms with Gasteiger partial charge in [0.2, 0.25) is 0 Å². The van der Waals surface area contributed by atoms with Crippen LogP contribution in [0.3, 0.4) is 0 Å². The smallest absolute Gasteiger partial charge is 0.265 e. The molecule has 2 aromatic carbocycles. The van der Waals surface area contributed by atoms with Crippen LogP contribution in [0.15, 0.2) is 73.1 Å². The maximum Gasteiger partial charge on any atom is 0.321 e. The van der Waals surface area contributed by atoms with Gasteiger partial charge in [-0.05, 0) is 24.3 Å². The summed E-state index contributed by atoms with van der Waals surface area (Å²) in [7, 11) is -3.85. The molecule has 0 amide bonds. The van der Waals surface area contributed by atoms with Crippen molar-refractivity contribution in [1.82, 2.24) is 9.97 Å². The second-order valence-electron chi connectivity index (χ2n) is 5.47. The van der Waals surface area contributed by atoms with Crippen molar-refractivity contribution in [3.8, 4) is 0 Å². The molecule has 2 heterocycles. The Morgan fingerprint density at radius 3 is 1.56 bits per heavy atom. The maximum atomic E-state index is 12.6. The molecule has 0 spiro atoms. The Labute approximate surface area is 144 Å². The third-order valence-electron chi connectivity index (χ3n) is 3.75. The molecule has 0 radical (unpaired) electrons. The van der Waals surface area contributed by atoms with Gasteiger partial charge in [0.15, 0.2) is 0 Å². The number of rotatable bonds is 4. The summed E-state index contributed by atoms with van der Waals surface area (Å²) in [4.78, 5) is 8.51. The molecule has 0 aliphatic carbocycles. The minimum atomic E-state index is -3.85. The molecule has 0 saturated heterocycles. The van der Waals surface area contributed by atoms with Crippen molar-refractivity contribution in [3.05, 3.63) is 73.1 Å². The first-order chi connectivity index (χ1) is 12.1. The number of pyridine rings is 2. The van der Waals surface area contributed by atoms with Gasteiger partial charge in [0.05, 0.1) is 22.4 Å². The first-order valence-electron chi connectivity index (χ1n) is 7.60. The summed E-state index contributed by atoms with van der Waals surface area (Å²) in [6, 6.07) is 18.0. The Hall–Kier alpha value is -3.19. The number of nitrogens with one attached hydrogen (secondary N) is 2. The molecule has 4 aromatic rings. The van der Waals surface area contributed by atoms with Crippen LogP contribution in [0.2, 0.25) is 0 Å². The van der Waals surface area contributed by atoms with Crippen LogP contribution in [0.25, 0.3) is 21.8 Å². The van der Waals surface area contributed by atoms with E-state index in [1.165, 1.54) is 0 Å². The lowest BCUT2D eigenvalue weighted by Crippen LogP contribution is -2.22. The number of hydrogen-bond acceptors (Lipinski definition) is 4. The zero-order valence-electron chi connectivity index (χ0n) is 13.0. The van der Waals surface area contributed by atoms with Gasteiger partial charge < -0.3 is 0 Å². The number of aromatic nitrogens is 2. The van der Waals surface area contributed by atoms with Gasteiger partial charge in [-0.1, -0.05) is 36.4 Å². The molecule has 0 bridgehead atoms. The van der Waals surface area contributed by atoms with E-state index in [4.69, 9.17) is 0 Å². The third kappa shape index (κ3) is 3.09. The average molecular weight is 350 g/mol. The lowest BCUT2D eigenvalue weighted by molar-refractivity contribution is 0.606. The molecule has 7 heteroatoms. The largest absolute Gasteiger partial charge is 0.321 e. The van der Waals surface area contributed by atoms with Crippen LogP contribution in [-0.2, 0) is 10.2 Å². The van der Waals surface area contributed by atoms with E-state index in [1.54, 1.807) is 48.8 Å². The highest BCUT2D eigenvalue weighted by Gasteiger charge is 2.14. The molecule has 0 atom stereocenters. The predicted octanol–water partition coefficient (Wildman–Crippen LogP) is 3.55. The minimum Gasteiger partial charge on any atom is -0.265 e. The van der Waals surface area contributed by atoms with E-state index < -0.39 is 10.2 Å². The average Bonchev–Trinajstić information content (AvgIpc) is 2.62. The summed E-state index contributed by atoms with van der Waals surface area (Å²) < 4.78 is 30.2. The van der Waals surface area contributed by atoms with Crippen molar-refractivity contribution in [2.75, 3.05) is 9.44 Å². The fourth-order valence-electron chi connectivity index (χ4n) is 2.69. The molecule has 2 N–H and O–H groups in total. The Bertz CT molecular complexity index is 1080. The van der Waals surface area contributed by atoms with Crippen molar-refractivity contribution in [1.29, 1.82) is 0 Å². The molecular weight excluding hydrogens is 336 g/mol. The highest BCUT2D eigenvalue weighted by molar-refractivity contribution is 7.94. The van der Waals surface area contributed by atoms with Crippen molar-refractivity contribution in [2.24, 2.45) is 0 Å². The fraction of sp³-hybridized carbons (Fsp3) is 0. The van der Waals surface area contributed by atoms with E-state index in [0.717, 1.165) is 10.8 Å². The zero-order chi connectivity index (χ0) is 17.3. The number of benzene rings is 2. The molecule has 0 aliphatic heterocycles. The minimum absolute atomic E-state index is 0.416. The summed E-state index contributed by atoms with van der Waals surface area (Å²) in [6.07, 6.45) is 3.25. The molecule has 0 unspecified atom stereocenters. The molecule has 124 valence electrons. The first kappa shape index (κ1) is 15.3. The van der Waals surface area contributed by atoms with Crippen molar-refractivity contribution < 1.29 is 8.42 Å². The molecule has 0 saturated carbocycles. The number of anilines is 2. The van der Waals surface area contributed by atoms with Crippen LogP contribution in [0, 0.1) is 0 Å². The maximum absolute atomic E-state index is 12.6. The Morgan fingerprint density at radius 1 is 0.640 bits per heavy atom. The van der Waals surface area contributed by atoms with E-state index in [1.807, 2.05) is 24.3 Å². The van der Waals surface area contributed by atoms with Crippen molar-refractivity contribution in [3.63, 3.8) is 0 Å². The number of fused-ring (bicyclic) bond motifs is 2. The SMILES string of the molecule is O=S(=O)(Nc1cccc2cccnc12)Nc1cccc2cccnc12. The predicted molar refractivity (Wildman–Crippen MR) is 99.7 cm³/mol. The molecule has 2 aromatic heterocycles. The van der Waals surface area contributed by atoms with Crippen molar-refractivity contribution >= 4 is 43.4 Å². The van der Waals surface area contributed by atoms with E-state index in [2.05, 4.69) is 19.4 Å². The second-order valence-corrected chi connectivity index (χ2v) is 6.88. The van der Waals surface area contributed by atoms with Gasteiger partial charge in [-0.3, -0.25) is 19.4 Å². The van der Waals surface area contributed by atoms with Crippen molar-refractivity contribution in [2.45, 2.75) is 0 Å². The fourth-order valence-corrected chi connectivity index (χ4v) is 3.65. The van der Waals surface area contributed by atoms with Crippen LogP contribution in [0.4, 0.5) is 11.4 Å². The summed E-state index contributed by atoms with van der Waals surface area (Å²) in [6.45, 7) is 0. The van der Waals surface area contributed by atoms with E-state index >= 15 is 0 Å². The van der Waals surface area contributed by atoms with Gasteiger partial charge in [0.1, 0.15) is 0 Å². The van der Waals surface area contributed by atoms with Gasteiger partial charge in [-0.15, -0.1) is 0 Å². The summed E-state index contributed by atoms with van der Waals surface area (Å²) >= 11 is 0. The van der Waals surface area contributed by atoms with Crippen LogP contribution in [-0.4, -0.2) is 18.4 Å². The van der Waals surface area contributed by atoms with E-state index in [-0.39, 0.29) is 0 Å². The third-order valence-corrected chi connectivity index (χ3v) is 4.73. The Morgan fingerprint density at radius 2 is 1.08 bits per heavy atom. The summed E-state index contributed by atoms with van der Waals surface area (Å²) in [5.41, 5.74) is 2.01. The number of nitrogens with zero attached hydrogens (tertiary/aromatic N) is 2. The quantitative estimate of drug-likeness (QED) is 0.589. The van der Waals surface area contributed by atoms with Gasteiger partial charge in [0, 0.05) is 23.2 Å². The van der Waals surface area contributed by atoms with Crippen LogP contribution in [0.1, 0.15) is 0 Å². The summed E-state index contributed by atoms with van der Waals surface area (Å²) in [5.74, 6) is 0. The Kier molecular flexibility index (Phi) is 3.70. The highest BCUT2D eigenvalue weighted by Crippen LogP contribution is 2.24.